The van der Waals surface area contributed by atoms with Crippen LogP contribution in [-0.4, -0.2) is 48.6 Å². The maximum absolute atomic E-state index is 14.3. The van der Waals surface area contributed by atoms with Crippen LogP contribution in [0.2, 0.25) is 0 Å². The molecular formula is C24H23F7N2O6. The number of aryl methyl sites for hydroxylation is 1. The second-order valence-electron chi connectivity index (χ2n) is 8.01. The molecule has 15 heteroatoms. The molecule has 0 fully saturated rings. The van der Waals surface area contributed by atoms with Gasteiger partial charge in [-0.25, -0.2) is 18.8 Å². The molecule has 2 aromatic carbocycles. The Morgan fingerprint density at radius 1 is 0.821 bits per heavy atom. The lowest BCUT2D eigenvalue weighted by Crippen LogP contribution is -2.62. The Bertz CT molecular complexity index is 1220. The van der Waals surface area contributed by atoms with Crippen molar-refractivity contribution in [2.45, 2.75) is 44.3 Å². The zero-order valence-corrected chi connectivity index (χ0v) is 20.6. The number of esters is 2. The van der Waals surface area contributed by atoms with Crippen LogP contribution in [0.4, 0.5) is 41.2 Å². The summed E-state index contributed by atoms with van der Waals surface area (Å²) in [5, 5.41) is 13.7. The molecule has 0 heterocycles. The molecule has 214 valence electrons. The van der Waals surface area contributed by atoms with E-state index in [0.29, 0.717) is 36.4 Å². The van der Waals surface area contributed by atoms with Crippen molar-refractivity contribution in [3.63, 3.8) is 0 Å². The lowest BCUT2D eigenvalue weighted by molar-refractivity contribution is -0.267. The summed E-state index contributed by atoms with van der Waals surface area (Å²) in [7, 11) is 0. The van der Waals surface area contributed by atoms with Gasteiger partial charge in [-0.15, -0.1) is 0 Å². The molecule has 2 rings (SSSR count). The third-order valence-electron chi connectivity index (χ3n) is 5.46. The van der Waals surface area contributed by atoms with Crippen molar-refractivity contribution in [1.29, 1.82) is 0 Å². The van der Waals surface area contributed by atoms with Crippen molar-refractivity contribution in [2.75, 3.05) is 18.5 Å². The number of carbonyl (C=O) groups is 3. The normalized spacial score (nSPS) is 14.9. The molecule has 3 N–H and O–H groups in total. The van der Waals surface area contributed by atoms with Crippen LogP contribution in [-0.2, 0) is 30.2 Å². The number of carbonyl (C=O) groups excluding carboxylic acids is 3. The number of hydrogen-bond donors (Lipinski definition) is 3. The summed E-state index contributed by atoms with van der Waals surface area (Å²) >= 11 is 0. The summed E-state index contributed by atoms with van der Waals surface area (Å²) in [6.07, 6.45) is -11.0. The van der Waals surface area contributed by atoms with Gasteiger partial charge in [0.25, 0.3) is 11.1 Å². The van der Waals surface area contributed by atoms with E-state index in [9.17, 15) is 50.2 Å². The topological polar surface area (TPSA) is 114 Å². The minimum Gasteiger partial charge on any atom is -0.464 e. The molecule has 0 bridgehead atoms. The summed E-state index contributed by atoms with van der Waals surface area (Å²) in [5.74, 6) is -4.88. The number of anilines is 1. The largest absolute Gasteiger partial charge is 0.464 e. The first-order valence-corrected chi connectivity index (χ1v) is 11.1. The number of amides is 2. The molecule has 0 aromatic heterocycles. The Labute approximate surface area is 217 Å². The number of benzene rings is 2. The summed E-state index contributed by atoms with van der Waals surface area (Å²) in [6.45, 7) is 2.57. The van der Waals surface area contributed by atoms with Gasteiger partial charge < -0.3 is 25.2 Å². The molecule has 2 atom stereocenters. The summed E-state index contributed by atoms with van der Waals surface area (Å²) < 4.78 is 106. The molecule has 0 aliphatic rings. The van der Waals surface area contributed by atoms with E-state index in [0.717, 1.165) is 13.0 Å². The highest BCUT2D eigenvalue weighted by Gasteiger charge is 2.64. The van der Waals surface area contributed by atoms with Crippen molar-refractivity contribution >= 4 is 23.7 Å². The van der Waals surface area contributed by atoms with E-state index in [4.69, 9.17) is 0 Å². The van der Waals surface area contributed by atoms with Crippen LogP contribution >= 0.6 is 0 Å². The molecule has 0 aliphatic heterocycles. The Kier molecular flexibility index (Phi) is 9.22. The minimum absolute atomic E-state index is 0.217. The number of nitrogens with one attached hydrogen (secondary N) is 2. The zero-order valence-electron chi connectivity index (χ0n) is 20.6. The van der Waals surface area contributed by atoms with Crippen molar-refractivity contribution < 1.29 is 59.7 Å². The van der Waals surface area contributed by atoms with Gasteiger partial charge in [0, 0.05) is 11.3 Å². The monoisotopic (exact) mass is 568 g/mol. The SMILES string of the molecule is CCOC(=O)C(O)(c1ccc(NC(=O)NC(C(=O)OCC)(c2ccc(F)cc2)C(F)(F)F)c(C)c1)C(F)(F)F. The van der Waals surface area contributed by atoms with E-state index in [1.54, 1.807) is 0 Å². The number of aliphatic hydroxyl groups is 1. The van der Waals surface area contributed by atoms with Crippen molar-refractivity contribution in [3.05, 3.63) is 65.0 Å². The fourth-order valence-electron chi connectivity index (χ4n) is 3.52. The van der Waals surface area contributed by atoms with Gasteiger partial charge in [0.05, 0.1) is 13.2 Å². The smallest absolute Gasteiger partial charge is 0.432 e. The predicted molar refractivity (Wildman–Crippen MR) is 121 cm³/mol. The Morgan fingerprint density at radius 2 is 1.33 bits per heavy atom. The summed E-state index contributed by atoms with van der Waals surface area (Å²) in [4.78, 5) is 37.2. The molecule has 0 aliphatic carbocycles. The second kappa shape index (κ2) is 11.5. The van der Waals surface area contributed by atoms with Gasteiger partial charge in [-0.2, -0.15) is 26.3 Å². The van der Waals surface area contributed by atoms with E-state index < -0.39 is 71.6 Å². The van der Waals surface area contributed by atoms with Crippen molar-refractivity contribution in [1.82, 2.24) is 5.32 Å². The first-order valence-electron chi connectivity index (χ1n) is 11.1. The highest BCUT2D eigenvalue weighted by atomic mass is 19.4. The molecule has 8 nitrogen and oxygen atoms in total. The number of rotatable bonds is 8. The van der Waals surface area contributed by atoms with Crippen LogP contribution in [0.15, 0.2) is 42.5 Å². The third-order valence-corrected chi connectivity index (χ3v) is 5.46. The van der Waals surface area contributed by atoms with Crippen LogP contribution in [0, 0.1) is 12.7 Å². The molecular weight excluding hydrogens is 545 g/mol. The summed E-state index contributed by atoms with van der Waals surface area (Å²) in [5.41, 5.74) is -10.3. The molecule has 0 spiro atoms. The van der Waals surface area contributed by atoms with Gasteiger partial charge in [0.15, 0.2) is 0 Å². The fraction of sp³-hybridized carbons (Fsp3) is 0.375. The van der Waals surface area contributed by atoms with Crippen LogP contribution in [0.3, 0.4) is 0 Å². The van der Waals surface area contributed by atoms with Gasteiger partial charge in [0.1, 0.15) is 5.82 Å². The molecule has 2 aromatic rings. The number of halogens is 7. The Balaban J connectivity index is 2.50. The van der Waals surface area contributed by atoms with Gasteiger partial charge in [-0.3, -0.25) is 0 Å². The van der Waals surface area contributed by atoms with Gasteiger partial charge >= 0.3 is 30.3 Å². The van der Waals surface area contributed by atoms with Crippen LogP contribution in [0.1, 0.15) is 30.5 Å². The highest BCUT2D eigenvalue weighted by molar-refractivity contribution is 5.96. The number of alkyl halides is 6. The van der Waals surface area contributed by atoms with Crippen molar-refractivity contribution in [3.8, 4) is 0 Å². The average molecular weight is 568 g/mol. The van der Waals surface area contributed by atoms with E-state index in [-0.39, 0.29) is 11.3 Å². The average Bonchev–Trinajstić information content (AvgIpc) is 2.82. The zero-order chi connectivity index (χ0) is 29.8. The molecule has 0 saturated carbocycles. The molecule has 0 radical (unpaired) electrons. The van der Waals surface area contributed by atoms with Crippen LogP contribution < -0.4 is 10.6 Å². The first kappa shape index (κ1) is 31.3. The van der Waals surface area contributed by atoms with Crippen LogP contribution in [0.25, 0.3) is 0 Å². The minimum atomic E-state index is -5.51. The lowest BCUT2D eigenvalue weighted by atomic mass is 9.89. The molecule has 0 saturated heterocycles. The Morgan fingerprint density at radius 3 is 1.79 bits per heavy atom. The third kappa shape index (κ3) is 6.08. The Hall–Kier alpha value is -3.88. The standard InChI is InChI=1S/C24H23F7N2O6/c1-4-38-18(34)21(23(26,27)28,14-6-9-16(25)10-7-14)33-20(36)32-17-11-8-15(12-13(17)3)22(37,24(29,30)31)19(35)39-5-2/h6-12,37H,4-5H2,1-3H3,(H2,32,33,36). The van der Waals surface area contributed by atoms with Gasteiger partial charge in [-0.1, -0.05) is 24.3 Å². The van der Waals surface area contributed by atoms with E-state index in [1.807, 2.05) is 5.32 Å². The fourth-order valence-corrected chi connectivity index (χ4v) is 3.52. The number of urea groups is 1. The number of hydrogen-bond acceptors (Lipinski definition) is 6. The van der Waals surface area contributed by atoms with Crippen molar-refractivity contribution in [2.24, 2.45) is 0 Å². The van der Waals surface area contributed by atoms with Crippen LogP contribution in [0.5, 0.6) is 0 Å². The molecule has 39 heavy (non-hydrogen) atoms. The van der Waals surface area contributed by atoms with Gasteiger partial charge in [-0.05, 0) is 50.1 Å². The predicted octanol–water partition coefficient (Wildman–Crippen LogP) is 4.59. The first-order chi connectivity index (χ1) is 17.9. The second-order valence-corrected chi connectivity index (χ2v) is 8.01. The molecule has 2 unspecified atom stereocenters. The van der Waals surface area contributed by atoms with E-state index >= 15 is 0 Å². The maximum atomic E-state index is 14.3. The summed E-state index contributed by atoms with van der Waals surface area (Å²) in [6, 6.07) is 2.92. The quantitative estimate of drug-likeness (QED) is 0.317. The van der Waals surface area contributed by atoms with E-state index in [1.165, 1.54) is 19.2 Å². The van der Waals surface area contributed by atoms with E-state index in [2.05, 4.69) is 9.47 Å². The van der Waals surface area contributed by atoms with Gasteiger partial charge in [0.2, 0.25) is 0 Å². The maximum Gasteiger partial charge on any atom is 0.432 e. The number of ether oxygens (including phenoxy) is 2. The highest BCUT2D eigenvalue weighted by Crippen LogP contribution is 2.42. The lowest BCUT2D eigenvalue weighted by Gasteiger charge is -2.34. The molecule has 2 amide bonds.